The fourth-order valence-electron chi connectivity index (χ4n) is 1.64. The maximum atomic E-state index is 13.7. The van der Waals surface area contributed by atoms with E-state index in [1.54, 1.807) is 6.07 Å². The van der Waals surface area contributed by atoms with Gasteiger partial charge in [-0.15, -0.1) is 0 Å². The minimum atomic E-state index is -0.881. The number of amides is 1. The van der Waals surface area contributed by atoms with Gasteiger partial charge in [0.25, 0.3) is 0 Å². The number of nitriles is 1. The molecule has 7 heteroatoms. The Morgan fingerprint density at radius 1 is 1.45 bits per heavy atom. The highest BCUT2D eigenvalue weighted by Gasteiger charge is 2.17. The Balaban J connectivity index is 2.75. The lowest BCUT2D eigenvalue weighted by atomic mass is 10.2. The van der Waals surface area contributed by atoms with Crippen LogP contribution in [0.1, 0.15) is 5.56 Å². The fourth-order valence-corrected chi connectivity index (χ4v) is 1.64. The number of carbonyl (C=O) groups excluding carboxylic acids is 1. The highest BCUT2D eigenvalue weighted by atomic mass is 19.1. The van der Waals surface area contributed by atoms with Crippen LogP contribution in [-0.2, 0) is 9.53 Å². The number of hydrogen-bond acceptors (Lipinski definition) is 4. The Labute approximate surface area is 115 Å². The molecule has 1 aromatic carbocycles. The molecule has 0 aliphatic heterocycles. The van der Waals surface area contributed by atoms with Crippen LogP contribution in [-0.4, -0.2) is 39.8 Å². The predicted molar refractivity (Wildman–Crippen MR) is 69.2 cm³/mol. The van der Waals surface area contributed by atoms with Crippen molar-refractivity contribution in [3.63, 3.8) is 0 Å². The summed E-state index contributed by atoms with van der Waals surface area (Å²) in [6.45, 7) is 0.472. The molecule has 0 atom stereocenters. The van der Waals surface area contributed by atoms with Crippen molar-refractivity contribution in [3.8, 4) is 6.07 Å². The van der Waals surface area contributed by atoms with Crippen molar-refractivity contribution in [1.82, 2.24) is 5.32 Å². The average molecular weight is 283 g/mol. The third kappa shape index (κ3) is 4.17. The van der Waals surface area contributed by atoms with Crippen LogP contribution in [0.15, 0.2) is 12.1 Å². The summed E-state index contributed by atoms with van der Waals surface area (Å²) in [6.07, 6.45) is 0. The minimum absolute atomic E-state index is 0.110. The monoisotopic (exact) mass is 283 g/mol. The number of carbonyl (C=O) groups is 1. The molecule has 0 saturated heterocycles. The van der Waals surface area contributed by atoms with Crippen molar-refractivity contribution < 1.29 is 18.3 Å². The molecular formula is C13H15F2N3O2. The van der Waals surface area contributed by atoms with Gasteiger partial charge in [0, 0.05) is 20.7 Å². The number of methoxy groups -OCH3 is 1. The molecule has 0 spiro atoms. The van der Waals surface area contributed by atoms with Gasteiger partial charge in [0.1, 0.15) is 5.69 Å². The van der Waals surface area contributed by atoms with Gasteiger partial charge >= 0.3 is 0 Å². The lowest BCUT2D eigenvalue weighted by molar-refractivity contribution is -0.119. The van der Waals surface area contributed by atoms with Crippen LogP contribution in [0.3, 0.4) is 0 Å². The van der Waals surface area contributed by atoms with Crippen LogP contribution < -0.4 is 10.2 Å². The lowest BCUT2D eigenvalue weighted by Crippen LogP contribution is -2.37. The quantitative estimate of drug-likeness (QED) is 0.792. The molecule has 0 fully saturated rings. The van der Waals surface area contributed by atoms with E-state index in [4.69, 9.17) is 10.00 Å². The van der Waals surface area contributed by atoms with Gasteiger partial charge in [0.15, 0.2) is 11.6 Å². The van der Waals surface area contributed by atoms with E-state index < -0.39 is 11.6 Å². The largest absolute Gasteiger partial charge is 0.383 e. The number of rotatable bonds is 6. The average Bonchev–Trinajstić information content (AvgIpc) is 2.37. The van der Waals surface area contributed by atoms with E-state index in [1.807, 2.05) is 0 Å². The molecule has 0 heterocycles. The molecule has 1 aromatic rings. The Morgan fingerprint density at radius 2 is 2.05 bits per heavy atom. The number of nitrogens with zero attached hydrogens (tertiary/aromatic N) is 2. The highest BCUT2D eigenvalue weighted by molar-refractivity contribution is 5.81. The second-order valence-corrected chi connectivity index (χ2v) is 4.10. The Morgan fingerprint density at radius 3 is 2.55 bits per heavy atom. The van der Waals surface area contributed by atoms with Crippen LogP contribution in [0.4, 0.5) is 14.5 Å². The molecule has 0 aromatic heterocycles. The summed E-state index contributed by atoms with van der Waals surface area (Å²) in [4.78, 5) is 12.7. The third-order valence-electron chi connectivity index (χ3n) is 2.54. The summed E-state index contributed by atoms with van der Waals surface area (Å²) < 4.78 is 32.2. The van der Waals surface area contributed by atoms with E-state index in [0.29, 0.717) is 13.2 Å². The molecule has 1 amide bonds. The maximum absolute atomic E-state index is 13.7. The van der Waals surface area contributed by atoms with Gasteiger partial charge in [-0.1, -0.05) is 0 Å². The van der Waals surface area contributed by atoms with E-state index in [-0.39, 0.29) is 23.7 Å². The topological polar surface area (TPSA) is 65.4 Å². The standard InChI is InChI=1S/C13H15F2N3O2/c1-18(8-12(19)17-3-4-20-2)13-10(14)5-9(7-16)6-11(13)15/h5-6H,3-4,8H2,1-2H3,(H,17,19). The zero-order chi connectivity index (χ0) is 15.1. The van der Waals surface area contributed by atoms with Crippen molar-refractivity contribution in [2.24, 2.45) is 0 Å². The first-order valence-corrected chi connectivity index (χ1v) is 5.85. The fraction of sp³-hybridized carbons (Fsp3) is 0.385. The SMILES string of the molecule is COCCNC(=O)CN(C)c1c(F)cc(C#N)cc1F. The third-order valence-corrected chi connectivity index (χ3v) is 2.54. The summed E-state index contributed by atoms with van der Waals surface area (Å²) in [5, 5.41) is 11.2. The zero-order valence-electron chi connectivity index (χ0n) is 11.2. The number of hydrogen-bond donors (Lipinski definition) is 1. The van der Waals surface area contributed by atoms with Crippen LogP contribution in [0.5, 0.6) is 0 Å². The summed E-state index contributed by atoms with van der Waals surface area (Å²) in [5.74, 6) is -2.14. The molecule has 0 radical (unpaired) electrons. The van der Waals surface area contributed by atoms with Crippen LogP contribution in [0.25, 0.3) is 0 Å². The number of anilines is 1. The Bertz CT molecular complexity index is 506. The molecule has 0 bridgehead atoms. The van der Waals surface area contributed by atoms with E-state index >= 15 is 0 Å². The summed E-state index contributed by atoms with van der Waals surface area (Å²) >= 11 is 0. The number of halogens is 2. The van der Waals surface area contributed by atoms with E-state index in [9.17, 15) is 13.6 Å². The Hall–Kier alpha value is -2.20. The maximum Gasteiger partial charge on any atom is 0.239 e. The van der Waals surface area contributed by atoms with Crippen molar-refractivity contribution in [1.29, 1.82) is 5.26 Å². The van der Waals surface area contributed by atoms with Gasteiger partial charge in [-0.25, -0.2) is 8.78 Å². The summed E-state index contributed by atoms with van der Waals surface area (Å²) in [6, 6.07) is 3.51. The van der Waals surface area contributed by atoms with Crippen LogP contribution in [0, 0.1) is 23.0 Å². The smallest absolute Gasteiger partial charge is 0.239 e. The number of likely N-dealkylation sites (N-methyl/N-ethyl adjacent to an activating group) is 1. The molecule has 0 unspecified atom stereocenters. The second kappa shape index (κ2) is 7.40. The molecular weight excluding hydrogens is 268 g/mol. The summed E-state index contributed by atoms with van der Waals surface area (Å²) in [7, 11) is 2.89. The second-order valence-electron chi connectivity index (χ2n) is 4.10. The zero-order valence-corrected chi connectivity index (χ0v) is 11.2. The van der Waals surface area contributed by atoms with Gasteiger partial charge in [-0.3, -0.25) is 4.79 Å². The van der Waals surface area contributed by atoms with Crippen molar-refractivity contribution >= 4 is 11.6 Å². The Kier molecular flexibility index (Phi) is 5.87. The highest BCUT2D eigenvalue weighted by Crippen LogP contribution is 2.23. The first-order valence-electron chi connectivity index (χ1n) is 5.85. The molecule has 0 saturated carbocycles. The first-order chi connectivity index (χ1) is 9.49. The van der Waals surface area contributed by atoms with Gasteiger partial charge in [-0.2, -0.15) is 5.26 Å². The number of nitrogens with one attached hydrogen (secondary N) is 1. The first kappa shape index (κ1) is 15.9. The molecule has 20 heavy (non-hydrogen) atoms. The number of ether oxygens (including phenoxy) is 1. The molecule has 108 valence electrons. The molecule has 1 rings (SSSR count). The van der Waals surface area contributed by atoms with E-state index in [1.165, 1.54) is 14.2 Å². The molecule has 5 nitrogen and oxygen atoms in total. The van der Waals surface area contributed by atoms with E-state index in [2.05, 4.69) is 5.32 Å². The normalized spacial score (nSPS) is 9.95. The molecule has 1 N–H and O–H groups in total. The predicted octanol–water partition coefficient (Wildman–Crippen LogP) is 1.04. The number of benzene rings is 1. The minimum Gasteiger partial charge on any atom is -0.383 e. The van der Waals surface area contributed by atoms with Crippen molar-refractivity contribution in [2.45, 2.75) is 0 Å². The van der Waals surface area contributed by atoms with Crippen molar-refractivity contribution in [2.75, 3.05) is 38.8 Å². The summed E-state index contributed by atoms with van der Waals surface area (Å²) in [5.41, 5.74) is -0.451. The van der Waals surface area contributed by atoms with Crippen LogP contribution in [0.2, 0.25) is 0 Å². The van der Waals surface area contributed by atoms with Gasteiger partial charge in [0.2, 0.25) is 5.91 Å². The molecule has 0 aliphatic rings. The van der Waals surface area contributed by atoms with Crippen molar-refractivity contribution in [3.05, 3.63) is 29.3 Å². The van der Waals surface area contributed by atoms with E-state index in [0.717, 1.165) is 17.0 Å². The van der Waals surface area contributed by atoms with Gasteiger partial charge in [0.05, 0.1) is 24.8 Å². The van der Waals surface area contributed by atoms with Gasteiger partial charge in [-0.05, 0) is 12.1 Å². The van der Waals surface area contributed by atoms with Crippen LogP contribution >= 0.6 is 0 Å². The van der Waals surface area contributed by atoms with Gasteiger partial charge < -0.3 is 15.0 Å². The lowest BCUT2D eigenvalue weighted by Gasteiger charge is -2.20. The molecule has 0 aliphatic carbocycles.